The highest BCUT2D eigenvalue weighted by molar-refractivity contribution is 5.36. The van der Waals surface area contributed by atoms with Crippen molar-refractivity contribution < 1.29 is 9.84 Å². The predicted molar refractivity (Wildman–Crippen MR) is 116 cm³/mol. The molecule has 0 radical (unpaired) electrons. The zero-order chi connectivity index (χ0) is 20.1. The Morgan fingerprint density at radius 1 is 1.11 bits per heavy atom. The van der Waals surface area contributed by atoms with Crippen molar-refractivity contribution in [2.45, 2.75) is 51.0 Å². The van der Waals surface area contributed by atoms with E-state index in [9.17, 15) is 5.11 Å². The largest absolute Gasteiger partial charge is 0.497 e. The average molecular weight is 382 g/mol. The Bertz CT molecular complexity index is 755. The second kappa shape index (κ2) is 9.11. The molecule has 2 atom stereocenters. The summed E-state index contributed by atoms with van der Waals surface area (Å²) in [5.41, 5.74) is 3.47. The maximum Gasteiger partial charge on any atom is 0.118 e. The SMILES string of the molecule is COc1ccc(CCN(C)CCC2(O)CCc3ccccc3C2C(C)C)cc1. The fourth-order valence-corrected chi connectivity index (χ4v) is 4.73. The van der Waals surface area contributed by atoms with Gasteiger partial charge >= 0.3 is 0 Å². The van der Waals surface area contributed by atoms with E-state index in [4.69, 9.17) is 4.74 Å². The first kappa shape index (κ1) is 20.9. The molecule has 2 aromatic rings. The summed E-state index contributed by atoms with van der Waals surface area (Å²) in [6.45, 7) is 6.39. The Hall–Kier alpha value is -1.84. The van der Waals surface area contributed by atoms with Crippen LogP contribution in [0.5, 0.6) is 5.75 Å². The van der Waals surface area contributed by atoms with Gasteiger partial charge in [0.15, 0.2) is 0 Å². The number of ether oxygens (including phenoxy) is 1. The fourth-order valence-electron chi connectivity index (χ4n) is 4.73. The summed E-state index contributed by atoms with van der Waals surface area (Å²) in [5.74, 6) is 1.54. The molecular weight excluding hydrogens is 346 g/mol. The molecule has 152 valence electrons. The van der Waals surface area contributed by atoms with Crippen LogP contribution in [0.2, 0.25) is 0 Å². The molecule has 0 aromatic heterocycles. The van der Waals surface area contributed by atoms with Gasteiger partial charge in [0.1, 0.15) is 5.75 Å². The van der Waals surface area contributed by atoms with E-state index in [2.05, 4.69) is 62.2 Å². The standard InChI is InChI=1S/C25H35NO2/c1-19(2)24-23-8-6-5-7-21(23)13-15-25(24,27)16-18-26(3)17-14-20-9-11-22(28-4)12-10-20/h5-12,19,24,27H,13-18H2,1-4H3. The van der Waals surface area contributed by atoms with Gasteiger partial charge in [0.05, 0.1) is 12.7 Å². The van der Waals surface area contributed by atoms with Crippen LogP contribution in [0.4, 0.5) is 0 Å². The topological polar surface area (TPSA) is 32.7 Å². The Kier molecular flexibility index (Phi) is 6.79. The molecule has 1 aliphatic carbocycles. The molecule has 0 saturated heterocycles. The first-order chi connectivity index (χ1) is 13.4. The van der Waals surface area contributed by atoms with Crippen molar-refractivity contribution in [2.75, 3.05) is 27.2 Å². The second-order valence-electron chi connectivity index (χ2n) is 8.68. The van der Waals surface area contributed by atoms with Crippen molar-refractivity contribution in [2.24, 2.45) is 5.92 Å². The third-order valence-electron chi connectivity index (χ3n) is 6.33. The van der Waals surface area contributed by atoms with E-state index in [1.165, 1.54) is 16.7 Å². The quantitative estimate of drug-likeness (QED) is 0.721. The van der Waals surface area contributed by atoms with Gasteiger partial charge in [-0.25, -0.2) is 0 Å². The third kappa shape index (κ3) is 4.76. The van der Waals surface area contributed by atoms with Gasteiger partial charge in [-0.15, -0.1) is 0 Å². The lowest BCUT2D eigenvalue weighted by Crippen LogP contribution is -2.45. The van der Waals surface area contributed by atoms with Crippen molar-refractivity contribution in [3.05, 3.63) is 65.2 Å². The zero-order valence-electron chi connectivity index (χ0n) is 17.8. The van der Waals surface area contributed by atoms with Gasteiger partial charge in [-0.2, -0.15) is 0 Å². The number of methoxy groups -OCH3 is 1. The summed E-state index contributed by atoms with van der Waals surface area (Å²) >= 11 is 0. The van der Waals surface area contributed by atoms with Crippen LogP contribution in [0.3, 0.4) is 0 Å². The molecule has 0 fully saturated rings. The van der Waals surface area contributed by atoms with Crippen LogP contribution in [-0.4, -0.2) is 42.9 Å². The molecule has 0 amide bonds. The first-order valence-corrected chi connectivity index (χ1v) is 10.5. The van der Waals surface area contributed by atoms with Crippen LogP contribution >= 0.6 is 0 Å². The maximum absolute atomic E-state index is 11.6. The minimum absolute atomic E-state index is 0.215. The molecule has 3 rings (SSSR count). The van der Waals surface area contributed by atoms with Crippen molar-refractivity contribution in [3.63, 3.8) is 0 Å². The number of aryl methyl sites for hydroxylation is 1. The lowest BCUT2D eigenvalue weighted by molar-refractivity contribution is -0.0299. The van der Waals surface area contributed by atoms with E-state index in [1.807, 2.05) is 12.1 Å². The zero-order valence-corrected chi connectivity index (χ0v) is 17.8. The lowest BCUT2D eigenvalue weighted by Gasteiger charge is -2.44. The van der Waals surface area contributed by atoms with E-state index in [1.54, 1.807) is 7.11 Å². The van der Waals surface area contributed by atoms with Crippen molar-refractivity contribution in [1.82, 2.24) is 4.90 Å². The molecule has 1 aliphatic rings. The van der Waals surface area contributed by atoms with Crippen LogP contribution in [-0.2, 0) is 12.8 Å². The fraction of sp³-hybridized carbons (Fsp3) is 0.520. The Labute approximate surface area is 170 Å². The molecule has 0 spiro atoms. The molecule has 2 aromatic carbocycles. The van der Waals surface area contributed by atoms with Crippen LogP contribution in [0.15, 0.2) is 48.5 Å². The van der Waals surface area contributed by atoms with Gasteiger partial charge < -0.3 is 14.7 Å². The van der Waals surface area contributed by atoms with E-state index in [0.717, 1.165) is 44.5 Å². The number of hydrogen-bond acceptors (Lipinski definition) is 3. The van der Waals surface area contributed by atoms with E-state index in [0.29, 0.717) is 5.92 Å². The summed E-state index contributed by atoms with van der Waals surface area (Å²) in [5, 5.41) is 11.6. The van der Waals surface area contributed by atoms with Gasteiger partial charge in [0.2, 0.25) is 0 Å². The number of rotatable bonds is 8. The third-order valence-corrected chi connectivity index (χ3v) is 6.33. The first-order valence-electron chi connectivity index (χ1n) is 10.5. The monoisotopic (exact) mass is 381 g/mol. The van der Waals surface area contributed by atoms with Gasteiger partial charge in [-0.3, -0.25) is 0 Å². The summed E-state index contributed by atoms with van der Waals surface area (Å²) in [4.78, 5) is 2.35. The van der Waals surface area contributed by atoms with Crippen molar-refractivity contribution in [1.29, 1.82) is 0 Å². The van der Waals surface area contributed by atoms with Crippen LogP contribution < -0.4 is 4.74 Å². The van der Waals surface area contributed by atoms with Crippen LogP contribution in [0.1, 0.15) is 49.3 Å². The summed E-state index contributed by atoms with van der Waals surface area (Å²) in [6, 6.07) is 17.0. The van der Waals surface area contributed by atoms with Gasteiger partial charge in [-0.05, 0) is 67.5 Å². The highest BCUT2D eigenvalue weighted by atomic mass is 16.5. The van der Waals surface area contributed by atoms with E-state index < -0.39 is 5.60 Å². The Balaban J connectivity index is 1.59. The van der Waals surface area contributed by atoms with E-state index in [-0.39, 0.29) is 5.92 Å². The molecule has 3 nitrogen and oxygen atoms in total. The second-order valence-corrected chi connectivity index (χ2v) is 8.68. The number of nitrogens with zero attached hydrogens (tertiary/aromatic N) is 1. The molecule has 28 heavy (non-hydrogen) atoms. The summed E-state index contributed by atoms with van der Waals surface area (Å²) in [6.07, 6.45) is 3.67. The molecular formula is C25H35NO2. The highest BCUT2D eigenvalue weighted by Gasteiger charge is 2.42. The molecule has 0 heterocycles. The van der Waals surface area contributed by atoms with E-state index >= 15 is 0 Å². The molecule has 0 aliphatic heterocycles. The number of likely N-dealkylation sites (N-methyl/N-ethyl adjacent to an activating group) is 1. The smallest absolute Gasteiger partial charge is 0.118 e. The summed E-state index contributed by atoms with van der Waals surface area (Å²) in [7, 11) is 3.86. The Morgan fingerprint density at radius 3 is 2.50 bits per heavy atom. The van der Waals surface area contributed by atoms with Crippen molar-refractivity contribution in [3.8, 4) is 5.75 Å². The minimum Gasteiger partial charge on any atom is -0.497 e. The van der Waals surface area contributed by atoms with Gasteiger partial charge in [0, 0.05) is 19.0 Å². The average Bonchev–Trinajstić information content (AvgIpc) is 2.70. The van der Waals surface area contributed by atoms with Crippen molar-refractivity contribution >= 4 is 0 Å². The molecule has 3 heteroatoms. The Morgan fingerprint density at radius 2 is 1.82 bits per heavy atom. The molecule has 2 unspecified atom stereocenters. The number of hydrogen-bond donors (Lipinski definition) is 1. The normalized spacial score (nSPS) is 21.8. The lowest BCUT2D eigenvalue weighted by atomic mass is 9.66. The summed E-state index contributed by atoms with van der Waals surface area (Å²) < 4.78 is 5.23. The highest BCUT2D eigenvalue weighted by Crippen LogP contribution is 2.45. The van der Waals surface area contributed by atoms with Gasteiger partial charge in [0.25, 0.3) is 0 Å². The predicted octanol–water partition coefficient (Wildman–Crippen LogP) is 4.68. The number of aliphatic hydroxyl groups is 1. The van der Waals surface area contributed by atoms with Gasteiger partial charge in [-0.1, -0.05) is 50.2 Å². The number of benzene rings is 2. The minimum atomic E-state index is -0.614. The maximum atomic E-state index is 11.6. The van der Waals surface area contributed by atoms with Crippen LogP contribution in [0, 0.1) is 5.92 Å². The van der Waals surface area contributed by atoms with Crippen LogP contribution in [0.25, 0.3) is 0 Å². The molecule has 0 saturated carbocycles. The molecule has 1 N–H and O–H groups in total. The molecule has 0 bridgehead atoms. The number of fused-ring (bicyclic) bond motifs is 1.